The molecule has 2 rings (SSSR count). The van der Waals surface area contributed by atoms with Crippen molar-refractivity contribution >= 4 is 29.2 Å². The first-order valence-electron chi connectivity index (χ1n) is 6.44. The Morgan fingerprint density at radius 2 is 1.75 bits per heavy atom. The van der Waals surface area contributed by atoms with Crippen molar-refractivity contribution in [2.75, 3.05) is 5.43 Å². The number of rotatable bonds is 6. The van der Waals surface area contributed by atoms with Gasteiger partial charge in [0.05, 0.1) is 27.7 Å². The Labute approximate surface area is 134 Å². The minimum absolute atomic E-state index is 0.0102. The summed E-state index contributed by atoms with van der Waals surface area (Å²) in [6, 6.07) is 8.93. The van der Waals surface area contributed by atoms with Crippen LogP contribution in [0.5, 0.6) is 0 Å². The third-order valence-electron chi connectivity index (χ3n) is 2.95. The number of nitrogens with zero attached hydrogens (tertiary/aromatic N) is 3. The molecule has 2 aromatic rings. The lowest BCUT2D eigenvalue weighted by atomic mass is 10.1. The second-order valence-electron chi connectivity index (χ2n) is 4.51. The molecular formula is C14H10N4O6. The van der Waals surface area contributed by atoms with Gasteiger partial charge in [0, 0.05) is 6.07 Å². The standard InChI is InChI=1S/C14H10N4O6/c19-14(20)10-3-1-9(2-4-10)8-15-16-12-6-5-11(17(21)22)7-13(12)18(23)24/h1-8,16H,(H,19,20)/b15-8+. The zero-order valence-corrected chi connectivity index (χ0v) is 11.9. The van der Waals surface area contributed by atoms with Crippen LogP contribution in [0, 0.1) is 20.2 Å². The molecule has 0 aliphatic heterocycles. The Morgan fingerprint density at radius 3 is 2.29 bits per heavy atom. The number of hydrogen-bond donors (Lipinski definition) is 2. The maximum atomic E-state index is 11.0. The second kappa shape index (κ2) is 6.96. The third-order valence-corrected chi connectivity index (χ3v) is 2.95. The van der Waals surface area contributed by atoms with Crippen molar-refractivity contribution in [1.82, 2.24) is 0 Å². The maximum absolute atomic E-state index is 11.0. The molecule has 2 N–H and O–H groups in total. The van der Waals surface area contributed by atoms with E-state index in [1.807, 2.05) is 0 Å². The van der Waals surface area contributed by atoms with Crippen LogP contribution >= 0.6 is 0 Å². The molecule has 0 aliphatic carbocycles. The Balaban J connectivity index is 2.17. The van der Waals surface area contributed by atoms with Crippen LogP contribution in [0.1, 0.15) is 15.9 Å². The molecule has 0 heterocycles. The average molecular weight is 330 g/mol. The van der Waals surface area contributed by atoms with Crippen molar-refractivity contribution in [2.45, 2.75) is 0 Å². The maximum Gasteiger partial charge on any atom is 0.335 e. The highest BCUT2D eigenvalue weighted by atomic mass is 16.6. The molecule has 0 radical (unpaired) electrons. The quantitative estimate of drug-likeness (QED) is 0.470. The van der Waals surface area contributed by atoms with Crippen LogP contribution in [-0.2, 0) is 0 Å². The highest BCUT2D eigenvalue weighted by Gasteiger charge is 2.19. The fourth-order valence-electron chi connectivity index (χ4n) is 1.77. The van der Waals surface area contributed by atoms with Crippen LogP contribution in [0.4, 0.5) is 17.1 Å². The fraction of sp³-hybridized carbons (Fsp3) is 0. The summed E-state index contributed by atoms with van der Waals surface area (Å²) in [7, 11) is 0. The van der Waals surface area contributed by atoms with Gasteiger partial charge in [-0.25, -0.2) is 4.79 Å². The molecule has 0 amide bonds. The molecule has 0 bridgehead atoms. The van der Waals surface area contributed by atoms with Gasteiger partial charge in [-0.15, -0.1) is 0 Å². The van der Waals surface area contributed by atoms with Crippen molar-refractivity contribution in [3.8, 4) is 0 Å². The van der Waals surface area contributed by atoms with Gasteiger partial charge in [0.2, 0.25) is 0 Å². The van der Waals surface area contributed by atoms with Crippen molar-refractivity contribution in [2.24, 2.45) is 5.10 Å². The zero-order valence-electron chi connectivity index (χ0n) is 11.9. The summed E-state index contributed by atoms with van der Waals surface area (Å²) in [5.41, 5.74) is 2.22. The molecule has 122 valence electrons. The van der Waals surface area contributed by atoms with Crippen molar-refractivity contribution in [1.29, 1.82) is 0 Å². The summed E-state index contributed by atoms with van der Waals surface area (Å²) >= 11 is 0. The van der Waals surface area contributed by atoms with Gasteiger partial charge in [-0.1, -0.05) is 12.1 Å². The van der Waals surface area contributed by atoms with Crippen LogP contribution in [0.2, 0.25) is 0 Å². The largest absolute Gasteiger partial charge is 0.478 e. The minimum Gasteiger partial charge on any atom is -0.478 e. The van der Waals surface area contributed by atoms with Crippen LogP contribution in [0.15, 0.2) is 47.6 Å². The first-order valence-corrected chi connectivity index (χ1v) is 6.44. The van der Waals surface area contributed by atoms with E-state index in [1.54, 1.807) is 0 Å². The molecule has 2 aromatic carbocycles. The highest BCUT2D eigenvalue weighted by molar-refractivity contribution is 5.89. The molecule has 0 atom stereocenters. The van der Waals surface area contributed by atoms with Crippen molar-refractivity contribution < 1.29 is 19.7 Å². The fourth-order valence-corrected chi connectivity index (χ4v) is 1.77. The average Bonchev–Trinajstić information content (AvgIpc) is 2.55. The lowest BCUT2D eigenvalue weighted by Crippen LogP contribution is -1.99. The molecule has 0 saturated carbocycles. The van der Waals surface area contributed by atoms with E-state index in [2.05, 4.69) is 10.5 Å². The number of nitro groups is 2. The predicted molar refractivity (Wildman–Crippen MR) is 84.4 cm³/mol. The van der Waals surface area contributed by atoms with Crippen molar-refractivity contribution in [3.05, 3.63) is 73.8 Å². The molecule has 10 heteroatoms. The monoisotopic (exact) mass is 330 g/mol. The number of aromatic carboxylic acids is 1. The minimum atomic E-state index is -1.06. The molecule has 10 nitrogen and oxygen atoms in total. The number of nitrogens with one attached hydrogen (secondary N) is 1. The number of carboxylic acids is 1. The Bertz CT molecular complexity index is 832. The van der Waals surface area contributed by atoms with E-state index in [0.29, 0.717) is 5.56 Å². The Kier molecular flexibility index (Phi) is 4.80. The molecule has 0 aliphatic rings. The third kappa shape index (κ3) is 3.88. The normalized spacial score (nSPS) is 10.5. The Hall–Kier alpha value is -3.82. The van der Waals surface area contributed by atoms with E-state index in [0.717, 1.165) is 12.1 Å². The van der Waals surface area contributed by atoms with Gasteiger partial charge < -0.3 is 5.11 Å². The zero-order chi connectivity index (χ0) is 17.7. The van der Waals surface area contributed by atoms with E-state index in [-0.39, 0.29) is 11.3 Å². The van der Waals surface area contributed by atoms with Crippen LogP contribution < -0.4 is 5.43 Å². The van der Waals surface area contributed by atoms with E-state index < -0.39 is 27.2 Å². The number of anilines is 1. The number of nitro benzene ring substituents is 2. The van der Waals surface area contributed by atoms with E-state index in [9.17, 15) is 25.0 Å². The second-order valence-corrected chi connectivity index (χ2v) is 4.51. The van der Waals surface area contributed by atoms with Gasteiger partial charge in [0.25, 0.3) is 5.69 Å². The Morgan fingerprint density at radius 1 is 1.08 bits per heavy atom. The van der Waals surface area contributed by atoms with Crippen molar-refractivity contribution in [3.63, 3.8) is 0 Å². The van der Waals surface area contributed by atoms with E-state index in [4.69, 9.17) is 5.11 Å². The number of carboxylic acid groups (broad SMARTS) is 1. The number of hydrogen-bond acceptors (Lipinski definition) is 7. The number of hydrazone groups is 1. The molecule has 0 fully saturated rings. The van der Waals surface area contributed by atoms with E-state index in [1.165, 1.54) is 36.5 Å². The molecule has 0 aromatic heterocycles. The predicted octanol–water partition coefficient (Wildman–Crippen LogP) is 2.65. The van der Waals surface area contributed by atoms with Gasteiger partial charge in [-0.2, -0.15) is 5.10 Å². The van der Waals surface area contributed by atoms with Crippen LogP contribution in [0.25, 0.3) is 0 Å². The molecular weight excluding hydrogens is 320 g/mol. The van der Waals surface area contributed by atoms with Gasteiger partial charge in [0.15, 0.2) is 0 Å². The van der Waals surface area contributed by atoms with E-state index >= 15 is 0 Å². The smallest absolute Gasteiger partial charge is 0.335 e. The first kappa shape index (κ1) is 16.5. The SMILES string of the molecule is O=C(O)c1ccc(/C=N/Nc2ccc([N+](=O)[O-])cc2[N+](=O)[O-])cc1. The summed E-state index contributed by atoms with van der Waals surface area (Å²) in [6.45, 7) is 0. The number of non-ortho nitro benzene ring substituents is 1. The summed E-state index contributed by atoms with van der Waals surface area (Å²) in [4.78, 5) is 30.9. The summed E-state index contributed by atoms with van der Waals surface area (Å²) in [5.74, 6) is -1.06. The van der Waals surface area contributed by atoms with Crippen LogP contribution in [-0.4, -0.2) is 27.1 Å². The summed E-state index contributed by atoms with van der Waals surface area (Å²) in [6.07, 6.45) is 1.33. The molecule has 0 unspecified atom stereocenters. The summed E-state index contributed by atoms with van der Waals surface area (Å²) < 4.78 is 0. The highest BCUT2D eigenvalue weighted by Crippen LogP contribution is 2.28. The van der Waals surface area contributed by atoms with Gasteiger partial charge >= 0.3 is 11.7 Å². The number of carbonyl (C=O) groups is 1. The van der Waals surface area contributed by atoms with Gasteiger partial charge in [0.1, 0.15) is 5.69 Å². The number of benzene rings is 2. The lowest BCUT2D eigenvalue weighted by Gasteiger charge is -2.02. The molecule has 24 heavy (non-hydrogen) atoms. The topological polar surface area (TPSA) is 148 Å². The first-order chi connectivity index (χ1) is 11.4. The summed E-state index contributed by atoms with van der Waals surface area (Å²) in [5, 5.41) is 34.2. The van der Waals surface area contributed by atoms with Gasteiger partial charge in [-0.05, 0) is 23.8 Å². The van der Waals surface area contributed by atoms with Gasteiger partial charge in [-0.3, -0.25) is 25.7 Å². The molecule has 0 saturated heterocycles. The molecule has 0 spiro atoms. The van der Waals surface area contributed by atoms with Crippen LogP contribution in [0.3, 0.4) is 0 Å². The lowest BCUT2D eigenvalue weighted by molar-refractivity contribution is -0.393.